The number of carbonyl (C=O) groups excluding carboxylic acids is 2. The second-order valence-electron chi connectivity index (χ2n) is 8.55. The number of likely N-dealkylation sites (tertiary alicyclic amines) is 1. The lowest BCUT2D eigenvalue weighted by atomic mass is 9.96. The molecule has 1 unspecified atom stereocenters. The van der Waals surface area contributed by atoms with Gasteiger partial charge < -0.3 is 9.80 Å². The van der Waals surface area contributed by atoms with Gasteiger partial charge in [-0.2, -0.15) is 0 Å². The molecule has 2 amide bonds. The Labute approximate surface area is 151 Å². The van der Waals surface area contributed by atoms with Crippen molar-refractivity contribution in [3.05, 3.63) is 0 Å². The first-order chi connectivity index (χ1) is 12.2. The number of nitrogens with zero attached hydrogens (tertiary/aromatic N) is 3. The summed E-state index contributed by atoms with van der Waals surface area (Å²) in [5.74, 6) is 0.920. The van der Waals surface area contributed by atoms with Crippen molar-refractivity contribution in [3.63, 3.8) is 0 Å². The molecule has 2 heterocycles. The summed E-state index contributed by atoms with van der Waals surface area (Å²) in [5, 5.41) is 0. The van der Waals surface area contributed by atoms with Gasteiger partial charge in [0, 0.05) is 51.2 Å². The van der Waals surface area contributed by atoms with E-state index < -0.39 is 0 Å². The van der Waals surface area contributed by atoms with Crippen molar-refractivity contribution < 1.29 is 9.59 Å². The summed E-state index contributed by atoms with van der Waals surface area (Å²) < 4.78 is 0. The van der Waals surface area contributed by atoms with Crippen LogP contribution in [-0.4, -0.2) is 71.8 Å². The zero-order valence-corrected chi connectivity index (χ0v) is 15.5. The van der Waals surface area contributed by atoms with E-state index in [1.165, 1.54) is 25.7 Å². The molecular weight excluding hydrogens is 314 g/mol. The van der Waals surface area contributed by atoms with Crippen LogP contribution in [0.5, 0.6) is 0 Å². The SMILES string of the molecule is O=C(C1CCCN(C(=O)C2CC2)C1)N1CCCN(C2CCCC2)CC1. The van der Waals surface area contributed by atoms with Crippen molar-refractivity contribution in [2.45, 2.75) is 63.8 Å². The van der Waals surface area contributed by atoms with Crippen molar-refractivity contribution in [1.29, 1.82) is 0 Å². The summed E-state index contributed by atoms with van der Waals surface area (Å²) >= 11 is 0. The molecule has 5 heteroatoms. The third-order valence-corrected chi connectivity index (χ3v) is 6.69. The maximum atomic E-state index is 13.1. The Balaban J connectivity index is 1.31. The Morgan fingerprint density at radius 1 is 0.600 bits per heavy atom. The number of carbonyl (C=O) groups is 2. The van der Waals surface area contributed by atoms with Gasteiger partial charge in [-0.1, -0.05) is 12.8 Å². The Morgan fingerprint density at radius 3 is 2.08 bits per heavy atom. The molecule has 140 valence electrons. The van der Waals surface area contributed by atoms with Crippen LogP contribution in [0.2, 0.25) is 0 Å². The van der Waals surface area contributed by atoms with Gasteiger partial charge in [0.1, 0.15) is 0 Å². The molecule has 25 heavy (non-hydrogen) atoms. The lowest BCUT2D eigenvalue weighted by Crippen LogP contribution is -2.48. The molecule has 0 aromatic rings. The van der Waals surface area contributed by atoms with Gasteiger partial charge in [-0.05, 0) is 44.9 Å². The van der Waals surface area contributed by atoms with Crippen molar-refractivity contribution in [2.24, 2.45) is 11.8 Å². The first kappa shape index (κ1) is 17.3. The molecule has 0 aromatic carbocycles. The Bertz CT molecular complexity index is 499. The molecule has 4 aliphatic rings. The number of hydrogen-bond donors (Lipinski definition) is 0. The van der Waals surface area contributed by atoms with E-state index in [4.69, 9.17) is 0 Å². The molecule has 4 rings (SSSR count). The maximum Gasteiger partial charge on any atom is 0.227 e. The van der Waals surface area contributed by atoms with Crippen LogP contribution >= 0.6 is 0 Å². The normalized spacial score (nSPS) is 29.7. The Kier molecular flexibility index (Phi) is 5.30. The van der Waals surface area contributed by atoms with Gasteiger partial charge in [-0.15, -0.1) is 0 Å². The molecule has 2 aliphatic carbocycles. The minimum Gasteiger partial charge on any atom is -0.342 e. The van der Waals surface area contributed by atoms with Crippen molar-refractivity contribution in [3.8, 4) is 0 Å². The van der Waals surface area contributed by atoms with Crippen molar-refractivity contribution in [2.75, 3.05) is 39.3 Å². The molecule has 0 aromatic heterocycles. The van der Waals surface area contributed by atoms with Gasteiger partial charge in [-0.3, -0.25) is 14.5 Å². The maximum absolute atomic E-state index is 13.1. The van der Waals surface area contributed by atoms with Crippen LogP contribution in [0, 0.1) is 11.8 Å². The summed E-state index contributed by atoms with van der Waals surface area (Å²) in [4.78, 5) is 32.1. The van der Waals surface area contributed by atoms with Crippen LogP contribution in [0.3, 0.4) is 0 Å². The Morgan fingerprint density at radius 2 is 1.32 bits per heavy atom. The van der Waals surface area contributed by atoms with E-state index in [0.717, 1.165) is 70.9 Å². The minimum absolute atomic E-state index is 0.0366. The predicted molar refractivity (Wildman–Crippen MR) is 97.1 cm³/mol. The van der Waals surface area contributed by atoms with Gasteiger partial charge >= 0.3 is 0 Å². The van der Waals surface area contributed by atoms with Gasteiger partial charge in [0.25, 0.3) is 0 Å². The highest BCUT2D eigenvalue weighted by molar-refractivity contribution is 5.83. The molecule has 0 N–H and O–H groups in total. The van der Waals surface area contributed by atoms with Crippen LogP contribution in [0.1, 0.15) is 57.8 Å². The third kappa shape index (κ3) is 4.02. The van der Waals surface area contributed by atoms with Crippen LogP contribution in [-0.2, 0) is 9.59 Å². The molecule has 0 radical (unpaired) electrons. The second kappa shape index (κ2) is 7.65. The number of piperidine rings is 1. The highest BCUT2D eigenvalue weighted by Crippen LogP contribution is 2.33. The van der Waals surface area contributed by atoms with Crippen LogP contribution in [0.25, 0.3) is 0 Å². The largest absolute Gasteiger partial charge is 0.342 e. The predicted octanol–water partition coefficient (Wildman–Crippen LogP) is 2.11. The quantitative estimate of drug-likeness (QED) is 0.785. The average Bonchev–Trinajstić information content (AvgIpc) is 3.41. The highest BCUT2D eigenvalue weighted by Gasteiger charge is 2.38. The molecule has 1 atom stereocenters. The van der Waals surface area contributed by atoms with E-state index >= 15 is 0 Å². The van der Waals surface area contributed by atoms with E-state index in [1.54, 1.807) is 0 Å². The minimum atomic E-state index is 0.0366. The van der Waals surface area contributed by atoms with Crippen molar-refractivity contribution >= 4 is 11.8 Å². The zero-order chi connectivity index (χ0) is 17.2. The van der Waals surface area contributed by atoms with Gasteiger partial charge in [-0.25, -0.2) is 0 Å². The fraction of sp³-hybridized carbons (Fsp3) is 0.900. The number of rotatable bonds is 3. The fourth-order valence-corrected chi connectivity index (χ4v) is 5.02. The molecule has 2 aliphatic heterocycles. The summed E-state index contributed by atoms with van der Waals surface area (Å²) in [5.41, 5.74) is 0. The van der Waals surface area contributed by atoms with Gasteiger partial charge in [0.15, 0.2) is 0 Å². The lowest BCUT2D eigenvalue weighted by Gasteiger charge is -2.35. The molecule has 5 nitrogen and oxygen atoms in total. The molecular formula is C20H33N3O2. The summed E-state index contributed by atoms with van der Waals surface area (Å²) in [6.45, 7) is 5.47. The topological polar surface area (TPSA) is 43.9 Å². The van der Waals surface area contributed by atoms with Gasteiger partial charge in [0.05, 0.1) is 5.92 Å². The van der Waals surface area contributed by atoms with E-state index in [1.807, 2.05) is 4.90 Å². The summed E-state index contributed by atoms with van der Waals surface area (Å²) in [6.07, 6.45) is 10.6. The Hall–Kier alpha value is -1.10. The standard InChI is InChI=1S/C20H33N3O2/c24-19(16-8-9-16)23-10-3-5-17(15-23)20(25)22-12-4-11-21(13-14-22)18-6-1-2-7-18/h16-18H,1-15H2. The van der Waals surface area contributed by atoms with Crippen LogP contribution in [0.15, 0.2) is 0 Å². The molecule has 0 bridgehead atoms. The van der Waals surface area contributed by atoms with Gasteiger partial charge in [0.2, 0.25) is 11.8 Å². The molecule has 2 saturated carbocycles. The van der Waals surface area contributed by atoms with Crippen LogP contribution in [0.4, 0.5) is 0 Å². The van der Waals surface area contributed by atoms with E-state index in [0.29, 0.717) is 18.4 Å². The van der Waals surface area contributed by atoms with Crippen molar-refractivity contribution in [1.82, 2.24) is 14.7 Å². The highest BCUT2D eigenvalue weighted by atomic mass is 16.2. The van der Waals surface area contributed by atoms with Crippen LogP contribution < -0.4 is 0 Å². The first-order valence-corrected chi connectivity index (χ1v) is 10.5. The van der Waals surface area contributed by atoms with E-state index in [-0.39, 0.29) is 11.8 Å². The number of hydrogen-bond acceptors (Lipinski definition) is 3. The average molecular weight is 348 g/mol. The number of amides is 2. The smallest absolute Gasteiger partial charge is 0.227 e. The second-order valence-corrected chi connectivity index (χ2v) is 8.55. The zero-order valence-electron chi connectivity index (χ0n) is 15.5. The lowest BCUT2D eigenvalue weighted by molar-refractivity contribution is -0.141. The van der Waals surface area contributed by atoms with E-state index in [9.17, 15) is 9.59 Å². The summed E-state index contributed by atoms with van der Waals surface area (Å²) in [7, 11) is 0. The molecule has 0 spiro atoms. The summed E-state index contributed by atoms with van der Waals surface area (Å²) in [6, 6.07) is 0.761. The molecule has 4 fully saturated rings. The first-order valence-electron chi connectivity index (χ1n) is 10.5. The monoisotopic (exact) mass is 347 g/mol. The van der Waals surface area contributed by atoms with E-state index in [2.05, 4.69) is 9.80 Å². The molecule has 2 saturated heterocycles. The fourth-order valence-electron chi connectivity index (χ4n) is 5.02. The third-order valence-electron chi connectivity index (χ3n) is 6.69.